The zero-order chi connectivity index (χ0) is 15.8. The first-order valence-corrected chi connectivity index (χ1v) is 7.52. The lowest BCUT2D eigenvalue weighted by molar-refractivity contribution is -0.120. The molecule has 22 heavy (non-hydrogen) atoms. The summed E-state index contributed by atoms with van der Waals surface area (Å²) in [5.74, 6) is 6.04. The molecule has 0 aliphatic heterocycles. The van der Waals surface area contributed by atoms with E-state index in [9.17, 15) is 4.79 Å². The van der Waals surface area contributed by atoms with Crippen LogP contribution < -0.4 is 5.32 Å². The maximum atomic E-state index is 11.8. The van der Waals surface area contributed by atoms with Crippen LogP contribution in [0.25, 0.3) is 0 Å². The zero-order valence-corrected chi connectivity index (χ0v) is 13.1. The van der Waals surface area contributed by atoms with Crippen LogP contribution in [-0.4, -0.2) is 12.5 Å². The van der Waals surface area contributed by atoms with Crippen molar-refractivity contribution in [2.24, 2.45) is 0 Å². The van der Waals surface area contributed by atoms with Gasteiger partial charge in [-0.3, -0.25) is 4.79 Å². The number of rotatable bonds is 4. The summed E-state index contributed by atoms with van der Waals surface area (Å²) in [5.41, 5.74) is 4.70. The van der Waals surface area contributed by atoms with Crippen LogP contribution in [0.2, 0.25) is 0 Å². The first-order valence-electron chi connectivity index (χ1n) is 7.52. The highest BCUT2D eigenvalue weighted by Crippen LogP contribution is 2.12. The number of carbonyl (C=O) groups excluding carboxylic acids is 1. The monoisotopic (exact) mass is 291 g/mol. The van der Waals surface area contributed by atoms with Crippen molar-refractivity contribution in [3.63, 3.8) is 0 Å². The number of aryl methyl sites for hydroxylation is 3. The molecule has 2 aromatic carbocycles. The Bertz CT molecular complexity index is 693. The largest absolute Gasteiger partial charge is 0.345 e. The summed E-state index contributed by atoms with van der Waals surface area (Å²) in [6.07, 6.45) is 1.26. The summed E-state index contributed by atoms with van der Waals surface area (Å²) >= 11 is 0. The molecule has 0 aliphatic carbocycles. The highest BCUT2D eigenvalue weighted by atomic mass is 16.1. The van der Waals surface area contributed by atoms with E-state index < -0.39 is 0 Å². The average molecular weight is 291 g/mol. The molecule has 0 fully saturated rings. The molecule has 2 aromatic rings. The average Bonchev–Trinajstić information content (AvgIpc) is 2.52. The third-order valence-corrected chi connectivity index (χ3v) is 3.50. The molecule has 0 atom stereocenters. The Morgan fingerprint density at radius 1 is 1.09 bits per heavy atom. The minimum absolute atomic E-state index is 0.0438. The Kier molecular flexibility index (Phi) is 5.80. The van der Waals surface area contributed by atoms with Crippen molar-refractivity contribution in [1.82, 2.24) is 5.32 Å². The second-order valence-electron chi connectivity index (χ2n) is 5.37. The predicted octanol–water partition coefficient (Wildman–Crippen LogP) is 3.40. The van der Waals surface area contributed by atoms with E-state index in [0.717, 1.165) is 12.0 Å². The molecule has 1 amide bonds. The summed E-state index contributed by atoms with van der Waals surface area (Å²) in [6, 6.07) is 16.1. The summed E-state index contributed by atoms with van der Waals surface area (Å²) in [7, 11) is 0. The molecule has 0 saturated carbocycles. The van der Waals surface area contributed by atoms with Crippen molar-refractivity contribution in [2.45, 2.75) is 26.7 Å². The highest BCUT2D eigenvalue weighted by molar-refractivity contribution is 5.76. The van der Waals surface area contributed by atoms with E-state index in [4.69, 9.17) is 0 Å². The molecule has 0 heterocycles. The van der Waals surface area contributed by atoms with E-state index in [0.29, 0.717) is 13.0 Å². The van der Waals surface area contributed by atoms with E-state index >= 15 is 0 Å². The molecule has 0 bridgehead atoms. The summed E-state index contributed by atoms with van der Waals surface area (Å²) in [6.45, 7) is 4.56. The number of nitrogens with one attached hydrogen (secondary N) is 1. The van der Waals surface area contributed by atoms with Gasteiger partial charge < -0.3 is 5.32 Å². The van der Waals surface area contributed by atoms with Crippen molar-refractivity contribution in [3.8, 4) is 11.8 Å². The van der Waals surface area contributed by atoms with Crippen LogP contribution in [0, 0.1) is 25.7 Å². The molecule has 0 saturated heterocycles. The van der Waals surface area contributed by atoms with Gasteiger partial charge in [-0.2, -0.15) is 0 Å². The van der Waals surface area contributed by atoms with Crippen molar-refractivity contribution in [3.05, 3.63) is 70.8 Å². The first-order chi connectivity index (χ1) is 10.6. The Morgan fingerprint density at radius 3 is 2.59 bits per heavy atom. The van der Waals surface area contributed by atoms with Crippen molar-refractivity contribution >= 4 is 5.91 Å². The lowest BCUT2D eigenvalue weighted by Gasteiger charge is -2.06. The third kappa shape index (κ3) is 5.10. The number of amides is 1. The van der Waals surface area contributed by atoms with Gasteiger partial charge in [0.25, 0.3) is 0 Å². The number of benzene rings is 2. The van der Waals surface area contributed by atoms with Gasteiger partial charge in [0.1, 0.15) is 0 Å². The Morgan fingerprint density at radius 2 is 1.86 bits per heavy atom. The van der Waals surface area contributed by atoms with Gasteiger partial charge in [-0.15, -0.1) is 0 Å². The second-order valence-corrected chi connectivity index (χ2v) is 5.37. The van der Waals surface area contributed by atoms with Gasteiger partial charge in [-0.1, -0.05) is 53.8 Å². The van der Waals surface area contributed by atoms with Crippen LogP contribution in [0.3, 0.4) is 0 Å². The van der Waals surface area contributed by atoms with E-state index in [2.05, 4.69) is 49.2 Å². The van der Waals surface area contributed by atoms with E-state index in [-0.39, 0.29) is 5.91 Å². The van der Waals surface area contributed by atoms with Gasteiger partial charge in [0, 0.05) is 12.0 Å². The Hall–Kier alpha value is -2.53. The fraction of sp³-hybridized carbons (Fsp3) is 0.250. The van der Waals surface area contributed by atoms with Gasteiger partial charge >= 0.3 is 0 Å². The molecule has 0 unspecified atom stereocenters. The van der Waals surface area contributed by atoms with Crippen molar-refractivity contribution in [1.29, 1.82) is 0 Å². The topological polar surface area (TPSA) is 29.1 Å². The lowest BCUT2D eigenvalue weighted by atomic mass is 10.0. The van der Waals surface area contributed by atoms with Crippen LogP contribution in [0.15, 0.2) is 48.5 Å². The maximum Gasteiger partial charge on any atom is 0.221 e. The molecule has 112 valence electrons. The lowest BCUT2D eigenvalue weighted by Crippen LogP contribution is -2.23. The fourth-order valence-electron chi connectivity index (χ4n) is 2.27. The third-order valence-electron chi connectivity index (χ3n) is 3.50. The zero-order valence-electron chi connectivity index (χ0n) is 13.1. The smallest absolute Gasteiger partial charge is 0.221 e. The number of hydrogen-bond acceptors (Lipinski definition) is 1. The molecule has 2 heteroatoms. The molecule has 0 spiro atoms. The predicted molar refractivity (Wildman–Crippen MR) is 90.6 cm³/mol. The fourth-order valence-corrected chi connectivity index (χ4v) is 2.27. The normalized spacial score (nSPS) is 9.73. The summed E-state index contributed by atoms with van der Waals surface area (Å²) < 4.78 is 0. The van der Waals surface area contributed by atoms with E-state index in [1.54, 1.807) is 0 Å². The highest BCUT2D eigenvalue weighted by Gasteiger charge is 2.03. The molecule has 0 aliphatic rings. The molecule has 2 rings (SSSR count). The van der Waals surface area contributed by atoms with Gasteiger partial charge in [-0.05, 0) is 43.5 Å². The molecule has 1 N–H and O–H groups in total. The SMILES string of the molecule is Cc1ccc(CCC(=O)NCC#Cc2ccccc2)c(C)c1. The molecular formula is C20H21NO. The maximum absolute atomic E-state index is 11.8. The number of carbonyl (C=O) groups is 1. The minimum Gasteiger partial charge on any atom is -0.345 e. The standard InChI is InChI=1S/C20H21NO/c1-16-10-11-19(17(2)15-16)12-13-20(22)21-14-6-9-18-7-4-3-5-8-18/h3-5,7-8,10-11,15H,12-14H2,1-2H3,(H,21,22). The molecule has 2 nitrogen and oxygen atoms in total. The second kappa shape index (κ2) is 8.05. The van der Waals surface area contributed by atoms with E-state index in [1.807, 2.05) is 30.3 Å². The first kappa shape index (κ1) is 15.9. The van der Waals surface area contributed by atoms with Crippen LogP contribution in [0.1, 0.15) is 28.7 Å². The van der Waals surface area contributed by atoms with Crippen LogP contribution in [0.5, 0.6) is 0 Å². The van der Waals surface area contributed by atoms with Crippen LogP contribution in [-0.2, 0) is 11.2 Å². The number of hydrogen-bond donors (Lipinski definition) is 1. The van der Waals surface area contributed by atoms with Crippen LogP contribution >= 0.6 is 0 Å². The van der Waals surface area contributed by atoms with Crippen molar-refractivity contribution < 1.29 is 4.79 Å². The van der Waals surface area contributed by atoms with Crippen molar-refractivity contribution in [2.75, 3.05) is 6.54 Å². The van der Waals surface area contributed by atoms with Gasteiger partial charge in [0.05, 0.1) is 6.54 Å². The van der Waals surface area contributed by atoms with Gasteiger partial charge in [0.2, 0.25) is 5.91 Å². The minimum atomic E-state index is 0.0438. The van der Waals surface area contributed by atoms with Gasteiger partial charge in [0.15, 0.2) is 0 Å². The van der Waals surface area contributed by atoms with E-state index in [1.165, 1.54) is 16.7 Å². The van der Waals surface area contributed by atoms with Crippen LogP contribution in [0.4, 0.5) is 0 Å². The molecule has 0 aromatic heterocycles. The Balaban J connectivity index is 1.76. The van der Waals surface area contributed by atoms with Gasteiger partial charge in [-0.25, -0.2) is 0 Å². The quantitative estimate of drug-likeness (QED) is 0.859. The summed E-state index contributed by atoms with van der Waals surface area (Å²) in [5, 5.41) is 2.84. The Labute approximate surface area is 132 Å². The summed E-state index contributed by atoms with van der Waals surface area (Å²) in [4.78, 5) is 11.8. The molecular weight excluding hydrogens is 270 g/mol. The molecule has 0 radical (unpaired) electrons.